The summed E-state index contributed by atoms with van der Waals surface area (Å²) in [5.74, 6) is -0.604. The van der Waals surface area contributed by atoms with Crippen LogP contribution in [0.3, 0.4) is 0 Å². The van der Waals surface area contributed by atoms with Crippen molar-refractivity contribution in [3.05, 3.63) is 0 Å². The van der Waals surface area contributed by atoms with Crippen LogP contribution in [0.25, 0.3) is 0 Å². The minimum absolute atomic E-state index is 0.0351. The van der Waals surface area contributed by atoms with Gasteiger partial charge < -0.3 is 11.1 Å². The Hall–Kier alpha value is -0.780. The van der Waals surface area contributed by atoms with Crippen LogP contribution in [0, 0.1) is 5.41 Å². The van der Waals surface area contributed by atoms with Gasteiger partial charge in [-0.2, -0.15) is 13.2 Å². The summed E-state index contributed by atoms with van der Waals surface area (Å²) in [5, 5.41) is 2.11. The van der Waals surface area contributed by atoms with E-state index in [1.807, 2.05) is 0 Å². The van der Waals surface area contributed by atoms with E-state index in [9.17, 15) is 18.0 Å². The standard InChI is InChI=1S/C10H17F3N2O/c1-3-8(2,6-14)7(16)15-9(4-5-9)10(11,12)13/h3-6,14H2,1-2H3,(H,15,16). The molecule has 1 amide bonds. The molecule has 0 aromatic heterocycles. The molecule has 0 aromatic rings. The zero-order chi connectivity index (χ0) is 12.6. The molecule has 1 unspecified atom stereocenters. The average molecular weight is 238 g/mol. The average Bonchev–Trinajstić information content (AvgIpc) is 2.96. The van der Waals surface area contributed by atoms with Gasteiger partial charge in [0.25, 0.3) is 0 Å². The van der Waals surface area contributed by atoms with E-state index in [2.05, 4.69) is 5.32 Å². The molecule has 0 heterocycles. The molecule has 0 aromatic carbocycles. The van der Waals surface area contributed by atoms with E-state index in [4.69, 9.17) is 5.73 Å². The first-order valence-corrected chi connectivity index (χ1v) is 5.30. The van der Waals surface area contributed by atoms with Crippen molar-refractivity contribution in [2.24, 2.45) is 11.1 Å². The predicted molar refractivity (Wildman–Crippen MR) is 53.6 cm³/mol. The second-order valence-corrected chi connectivity index (χ2v) is 4.65. The highest BCUT2D eigenvalue weighted by Crippen LogP contribution is 2.49. The molecular weight excluding hydrogens is 221 g/mol. The van der Waals surface area contributed by atoms with Crippen molar-refractivity contribution >= 4 is 5.91 Å². The van der Waals surface area contributed by atoms with Gasteiger partial charge in [0.15, 0.2) is 0 Å². The molecule has 1 rings (SSSR count). The van der Waals surface area contributed by atoms with Crippen molar-refractivity contribution in [1.29, 1.82) is 0 Å². The quantitative estimate of drug-likeness (QED) is 0.781. The highest BCUT2D eigenvalue weighted by molar-refractivity contribution is 5.83. The summed E-state index contributed by atoms with van der Waals surface area (Å²) in [6.45, 7) is 3.36. The SMILES string of the molecule is CCC(C)(CN)C(=O)NC1(C(F)(F)F)CC1. The number of nitrogens with one attached hydrogen (secondary N) is 1. The molecule has 0 aliphatic heterocycles. The van der Waals surface area contributed by atoms with Gasteiger partial charge >= 0.3 is 6.18 Å². The van der Waals surface area contributed by atoms with E-state index >= 15 is 0 Å². The fraction of sp³-hybridized carbons (Fsp3) is 0.900. The van der Waals surface area contributed by atoms with Gasteiger partial charge in [0.2, 0.25) is 5.91 Å². The van der Waals surface area contributed by atoms with Gasteiger partial charge in [0.05, 0.1) is 5.41 Å². The van der Waals surface area contributed by atoms with Crippen molar-refractivity contribution in [2.45, 2.75) is 44.8 Å². The predicted octanol–water partition coefficient (Wildman–Crippen LogP) is 1.57. The zero-order valence-corrected chi connectivity index (χ0v) is 9.45. The molecule has 1 aliphatic rings. The topological polar surface area (TPSA) is 55.1 Å². The summed E-state index contributed by atoms with van der Waals surface area (Å²) in [7, 11) is 0. The molecule has 3 N–H and O–H groups in total. The van der Waals surface area contributed by atoms with Crippen molar-refractivity contribution in [2.75, 3.05) is 6.54 Å². The molecule has 1 atom stereocenters. The lowest BCUT2D eigenvalue weighted by Gasteiger charge is -2.29. The summed E-state index contributed by atoms with van der Waals surface area (Å²) in [6, 6.07) is 0. The van der Waals surface area contributed by atoms with E-state index in [-0.39, 0.29) is 19.4 Å². The van der Waals surface area contributed by atoms with Gasteiger partial charge in [-0.15, -0.1) is 0 Å². The largest absolute Gasteiger partial charge is 0.411 e. The molecule has 16 heavy (non-hydrogen) atoms. The Kier molecular flexibility index (Phi) is 3.24. The minimum atomic E-state index is -4.37. The number of hydrogen-bond acceptors (Lipinski definition) is 2. The van der Waals surface area contributed by atoms with Crippen LogP contribution < -0.4 is 11.1 Å². The third-order valence-electron chi connectivity index (χ3n) is 3.42. The third-order valence-corrected chi connectivity index (χ3v) is 3.42. The highest BCUT2D eigenvalue weighted by Gasteiger charge is 2.64. The number of carbonyl (C=O) groups is 1. The molecule has 1 aliphatic carbocycles. The Morgan fingerprint density at radius 2 is 1.94 bits per heavy atom. The van der Waals surface area contributed by atoms with Gasteiger partial charge in [0, 0.05) is 6.54 Å². The third kappa shape index (κ3) is 2.16. The first kappa shape index (κ1) is 13.3. The van der Waals surface area contributed by atoms with E-state index in [1.165, 1.54) is 0 Å². The Morgan fingerprint density at radius 3 is 2.19 bits per heavy atom. The number of nitrogens with two attached hydrogens (primary N) is 1. The van der Waals surface area contributed by atoms with Crippen molar-refractivity contribution in [1.82, 2.24) is 5.32 Å². The van der Waals surface area contributed by atoms with Crippen LogP contribution in [0.1, 0.15) is 33.1 Å². The van der Waals surface area contributed by atoms with Crippen LogP contribution in [0.4, 0.5) is 13.2 Å². The molecule has 0 spiro atoms. The van der Waals surface area contributed by atoms with Crippen LogP contribution in [0.2, 0.25) is 0 Å². The molecular formula is C10H17F3N2O. The fourth-order valence-electron chi connectivity index (χ4n) is 1.37. The zero-order valence-electron chi connectivity index (χ0n) is 9.45. The Morgan fingerprint density at radius 1 is 1.44 bits per heavy atom. The van der Waals surface area contributed by atoms with Gasteiger partial charge in [-0.25, -0.2) is 0 Å². The Balaban J connectivity index is 2.72. The number of carbonyl (C=O) groups excluding carboxylic acids is 1. The van der Waals surface area contributed by atoms with E-state index in [0.717, 1.165) is 0 Å². The van der Waals surface area contributed by atoms with Gasteiger partial charge in [-0.3, -0.25) is 4.79 Å². The normalized spacial score (nSPS) is 22.4. The molecule has 0 saturated heterocycles. The van der Waals surface area contributed by atoms with Crippen LogP contribution in [-0.4, -0.2) is 24.2 Å². The maximum Gasteiger partial charge on any atom is 0.411 e. The van der Waals surface area contributed by atoms with Gasteiger partial charge in [-0.1, -0.05) is 6.92 Å². The van der Waals surface area contributed by atoms with E-state index < -0.39 is 23.0 Å². The summed E-state index contributed by atoms with van der Waals surface area (Å²) >= 11 is 0. The van der Waals surface area contributed by atoms with Crippen molar-refractivity contribution < 1.29 is 18.0 Å². The summed E-state index contributed by atoms with van der Waals surface area (Å²) in [5.41, 5.74) is 2.52. The molecule has 1 fully saturated rings. The van der Waals surface area contributed by atoms with Crippen LogP contribution in [0.5, 0.6) is 0 Å². The molecule has 94 valence electrons. The number of rotatable bonds is 4. The monoisotopic (exact) mass is 238 g/mol. The first-order chi connectivity index (χ1) is 7.21. The maximum atomic E-state index is 12.6. The lowest BCUT2D eigenvalue weighted by Crippen LogP contribution is -2.54. The lowest BCUT2D eigenvalue weighted by molar-refractivity contribution is -0.172. The second-order valence-electron chi connectivity index (χ2n) is 4.65. The lowest BCUT2D eigenvalue weighted by atomic mass is 9.86. The van der Waals surface area contributed by atoms with Gasteiger partial charge in [0.1, 0.15) is 5.54 Å². The number of halogens is 3. The molecule has 0 bridgehead atoms. The smallest absolute Gasteiger partial charge is 0.341 e. The van der Waals surface area contributed by atoms with E-state index in [1.54, 1.807) is 13.8 Å². The van der Waals surface area contributed by atoms with Crippen LogP contribution >= 0.6 is 0 Å². The second kappa shape index (κ2) is 3.91. The Bertz CT molecular complexity index is 280. The fourth-order valence-corrected chi connectivity index (χ4v) is 1.37. The first-order valence-electron chi connectivity index (χ1n) is 5.30. The van der Waals surface area contributed by atoms with Crippen molar-refractivity contribution in [3.8, 4) is 0 Å². The molecule has 3 nitrogen and oxygen atoms in total. The van der Waals surface area contributed by atoms with Crippen LogP contribution in [0.15, 0.2) is 0 Å². The Labute approximate surface area is 92.6 Å². The molecule has 1 saturated carbocycles. The van der Waals surface area contributed by atoms with Crippen molar-refractivity contribution in [3.63, 3.8) is 0 Å². The number of alkyl halides is 3. The summed E-state index contributed by atoms with van der Waals surface area (Å²) in [4.78, 5) is 11.7. The van der Waals surface area contributed by atoms with Crippen LogP contribution in [-0.2, 0) is 4.79 Å². The highest BCUT2D eigenvalue weighted by atomic mass is 19.4. The number of hydrogen-bond donors (Lipinski definition) is 2. The maximum absolute atomic E-state index is 12.6. The molecule has 6 heteroatoms. The summed E-state index contributed by atoms with van der Waals surface area (Å²) in [6.07, 6.45) is -4.02. The minimum Gasteiger partial charge on any atom is -0.341 e. The van der Waals surface area contributed by atoms with E-state index in [0.29, 0.717) is 6.42 Å². The number of amides is 1. The van der Waals surface area contributed by atoms with Gasteiger partial charge in [-0.05, 0) is 26.2 Å². The molecule has 0 radical (unpaired) electrons. The summed E-state index contributed by atoms with van der Waals surface area (Å²) < 4.78 is 37.8.